The molecule has 2 aromatic rings. The van der Waals surface area contributed by atoms with E-state index in [4.69, 9.17) is 11.6 Å². The lowest BCUT2D eigenvalue weighted by Gasteiger charge is -2.08. The largest absolute Gasteiger partial charge is 0.294 e. The number of nitro groups is 1. The average Bonchev–Trinajstić information content (AvgIpc) is 2.40. The number of halogens is 2. The summed E-state index contributed by atoms with van der Waals surface area (Å²) in [5.41, 5.74) is -0.510. The van der Waals surface area contributed by atoms with Crippen molar-refractivity contribution in [1.82, 2.24) is 4.98 Å². The summed E-state index contributed by atoms with van der Waals surface area (Å²) in [5, 5.41) is 11.0. The van der Waals surface area contributed by atoms with Crippen LogP contribution in [0.15, 0.2) is 45.9 Å². The smallest absolute Gasteiger partial charge is 0.273 e. The normalized spacial score (nSPS) is 11.1. The maximum atomic E-state index is 12.2. The van der Waals surface area contributed by atoms with E-state index in [-0.39, 0.29) is 21.4 Å². The Labute approximate surface area is 133 Å². The Morgan fingerprint density at radius 3 is 2.62 bits per heavy atom. The van der Waals surface area contributed by atoms with Crippen molar-refractivity contribution >= 4 is 48.9 Å². The van der Waals surface area contributed by atoms with E-state index in [0.29, 0.717) is 4.47 Å². The highest BCUT2D eigenvalue weighted by atomic mass is 79.9. The van der Waals surface area contributed by atoms with Gasteiger partial charge in [-0.1, -0.05) is 27.5 Å². The summed E-state index contributed by atoms with van der Waals surface area (Å²) in [5.74, 6) is 0. The minimum atomic E-state index is -4.00. The van der Waals surface area contributed by atoms with Gasteiger partial charge in [0.05, 0.1) is 9.82 Å². The lowest BCUT2D eigenvalue weighted by molar-refractivity contribution is -0.384. The number of rotatable bonds is 4. The number of hydrogen-bond donors (Lipinski definition) is 1. The van der Waals surface area contributed by atoms with Crippen LogP contribution in [0.4, 0.5) is 11.4 Å². The summed E-state index contributed by atoms with van der Waals surface area (Å²) in [6.07, 6.45) is 1.23. The van der Waals surface area contributed by atoms with E-state index in [2.05, 4.69) is 25.6 Å². The first kappa shape index (κ1) is 15.7. The lowest BCUT2D eigenvalue weighted by atomic mass is 10.3. The predicted molar refractivity (Wildman–Crippen MR) is 80.9 cm³/mol. The van der Waals surface area contributed by atoms with E-state index < -0.39 is 14.9 Å². The molecule has 0 spiro atoms. The molecule has 0 bridgehead atoms. The van der Waals surface area contributed by atoms with Crippen LogP contribution in [0.1, 0.15) is 0 Å². The monoisotopic (exact) mass is 391 g/mol. The second-order valence-corrected chi connectivity index (χ2v) is 6.82. The highest BCUT2D eigenvalue weighted by molar-refractivity contribution is 9.10. The van der Waals surface area contributed by atoms with Gasteiger partial charge in [-0.25, -0.2) is 13.4 Å². The zero-order valence-corrected chi connectivity index (χ0v) is 13.3. The van der Waals surface area contributed by atoms with Gasteiger partial charge in [-0.15, -0.1) is 0 Å². The van der Waals surface area contributed by atoms with Gasteiger partial charge in [-0.2, -0.15) is 0 Å². The predicted octanol–water partition coefficient (Wildman–Crippen LogP) is 3.21. The Balaban J connectivity index is 2.44. The number of benzene rings is 1. The van der Waals surface area contributed by atoms with E-state index in [1.165, 1.54) is 30.5 Å². The molecule has 7 nitrogen and oxygen atoms in total. The maximum absolute atomic E-state index is 12.2. The highest BCUT2D eigenvalue weighted by Crippen LogP contribution is 2.30. The molecule has 0 saturated heterocycles. The molecule has 2 rings (SSSR count). The number of anilines is 1. The third-order valence-electron chi connectivity index (χ3n) is 2.41. The summed E-state index contributed by atoms with van der Waals surface area (Å²) >= 11 is 8.73. The Bertz CT molecular complexity index is 813. The van der Waals surface area contributed by atoms with E-state index in [1.54, 1.807) is 0 Å². The van der Waals surface area contributed by atoms with Crippen LogP contribution >= 0.6 is 27.5 Å². The third kappa shape index (κ3) is 3.69. The van der Waals surface area contributed by atoms with Crippen LogP contribution in [0.2, 0.25) is 5.15 Å². The number of aromatic nitrogens is 1. The van der Waals surface area contributed by atoms with Gasteiger partial charge in [0.1, 0.15) is 10.8 Å². The fraction of sp³-hybridized carbons (Fsp3) is 0. The van der Waals surface area contributed by atoms with Crippen molar-refractivity contribution in [3.8, 4) is 0 Å². The van der Waals surface area contributed by atoms with Crippen molar-refractivity contribution in [3.63, 3.8) is 0 Å². The molecular weight excluding hydrogens is 386 g/mol. The van der Waals surface area contributed by atoms with Crippen LogP contribution in [-0.4, -0.2) is 18.3 Å². The second-order valence-electron chi connectivity index (χ2n) is 3.84. The fourth-order valence-electron chi connectivity index (χ4n) is 1.50. The molecule has 1 aromatic heterocycles. The minimum absolute atomic E-state index is 0.00295. The number of pyridine rings is 1. The number of nitrogens with zero attached hydrogens (tertiary/aromatic N) is 2. The number of sulfonamides is 1. The molecule has 0 radical (unpaired) electrons. The number of hydrogen-bond acceptors (Lipinski definition) is 5. The van der Waals surface area contributed by atoms with Gasteiger partial charge < -0.3 is 0 Å². The first-order valence-electron chi connectivity index (χ1n) is 5.38. The zero-order valence-electron chi connectivity index (χ0n) is 10.2. The van der Waals surface area contributed by atoms with Gasteiger partial charge in [0.15, 0.2) is 0 Å². The van der Waals surface area contributed by atoms with Crippen LogP contribution in [-0.2, 0) is 10.0 Å². The van der Waals surface area contributed by atoms with Gasteiger partial charge in [-0.05, 0) is 24.3 Å². The summed E-state index contributed by atoms with van der Waals surface area (Å²) < 4.78 is 27.0. The van der Waals surface area contributed by atoms with E-state index >= 15 is 0 Å². The summed E-state index contributed by atoms with van der Waals surface area (Å²) in [6.45, 7) is 0. The summed E-state index contributed by atoms with van der Waals surface area (Å²) in [4.78, 5) is 13.8. The molecule has 0 atom stereocenters. The molecule has 0 aliphatic heterocycles. The van der Waals surface area contributed by atoms with Gasteiger partial charge >= 0.3 is 0 Å². The number of nitro benzene ring substituents is 1. The molecule has 10 heteroatoms. The molecule has 0 aliphatic rings. The Kier molecular flexibility index (Phi) is 4.45. The molecule has 0 fully saturated rings. The molecule has 110 valence electrons. The molecule has 1 aromatic carbocycles. The molecule has 0 unspecified atom stereocenters. The Hall–Kier alpha value is -1.71. The van der Waals surface area contributed by atoms with E-state index in [9.17, 15) is 18.5 Å². The highest BCUT2D eigenvalue weighted by Gasteiger charge is 2.21. The second kappa shape index (κ2) is 5.96. The molecule has 21 heavy (non-hydrogen) atoms. The Morgan fingerprint density at radius 2 is 2.00 bits per heavy atom. The van der Waals surface area contributed by atoms with Crippen LogP contribution in [0, 0.1) is 10.1 Å². The van der Waals surface area contributed by atoms with Crippen molar-refractivity contribution in [2.24, 2.45) is 0 Å². The van der Waals surface area contributed by atoms with Crippen molar-refractivity contribution < 1.29 is 13.3 Å². The van der Waals surface area contributed by atoms with Crippen molar-refractivity contribution in [2.45, 2.75) is 4.90 Å². The standard InChI is InChI=1S/C11H7BrClN3O4S/c12-7-1-2-9(10(5-7)16(17)18)15-21(19,20)8-3-4-14-11(13)6-8/h1-6,15H. The average molecular weight is 393 g/mol. The van der Waals surface area contributed by atoms with Crippen LogP contribution in [0.3, 0.4) is 0 Å². The maximum Gasteiger partial charge on any atom is 0.294 e. The molecule has 0 amide bonds. The van der Waals surface area contributed by atoms with E-state index in [1.807, 2.05) is 0 Å². The van der Waals surface area contributed by atoms with Gasteiger partial charge in [0, 0.05) is 16.7 Å². The Morgan fingerprint density at radius 1 is 1.29 bits per heavy atom. The quantitative estimate of drug-likeness (QED) is 0.489. The van der Waals surface area contributed by atoms with Crippen molar-refractivity contribution in [2.75, 3.05) is 4.72 Å². The molecule has 0 saturated carbocycles. The van der Waals surface area contributed by atoms with Crippen LogP contribution in [0.25, 0.3) is 0 Å². The number of nitrogens with one attached hydrogen (secondary N) is 1. The molecule has 1 N–H and O–H groups in total. The summed E-state index contributed by atoms with van der Waals surface area (Å²) in [7, 11) is -4.00. The molecular formula is C11H7BrClN3O4S. The molecule has 0 aliphatic carbocycles. The van der Waals surface area contributed by atoms with Crippen molar-refractivity contribution in [1.29, 1.82) is 0 Å². The van der Waals surface area contributed by atoms with Crippen LogP contribution < -0.4 is 4.72 Å². The first-order valence-corrected chi connectivity index (χ1v) is 8.03. The van der Waals surface area contributed by atoms with Gasteiger partial charge in [-0.3, -0.25) is 14.8 Å². The SMILES string of the molecule is O=[N+]([O-])c1cc(Br)ccc1NS(=O)(=O)c1ccnc(Cl)c1. The van der Waals surface area contributed by atoms with Crippen molar-refractivity contribution in [3.05, 3.63) is 56.3 Å². The topological polar surface area (TPSA) is 102 Å². The van der Waals surface area contributed by atoms with Gasteiger partial charge in [0.25, 0.3) is 15.7 Å². The minimum Gasteiger partial charge on any atom is -0.273 e. The zero-order chi connectivity index (χ0) is 15.6. The lowest BCUT2D eigenvalue weighted by Crippen LogP contribution is -2.14. The fourth-order valence-corrected chi connectivity index (χ4v) is 3.17. The molecule has 1 heterocycles. The first-order chi connectivity index (χ1) is 9.79. The van der Waals surface area contributed by atoms with Crippen LogP contribution in [0.5, 0.6) is 0 Å². The van der Waals surface area contributed by atoms with E-state index in [0.717, 1.165) is 6.07 Å². The van der Waals surface area contributed by atoms with Gasteiger partial charge in [0.2, 0.25) is 0 Å². The third-order valence-corrected chi connectivity index (χ3v) is 4.47. The summed E-state index contributed by atoms with van der Waals surface area (Å²) in [6, 6.07) is 6.37.